The van der Waals surface area contributed by atoms with Crippen molar-refractivity contribution in [2.24, 2.45) is 0 Å². The van der Waals surface area contributed by atoms with Gasteiger partial charge in [-0.05, 0) is 0 Å². The molecule has 0 spiro atoms. The molecule has 0 saturated carbocycles. The molecule has 5 atom stereocenters. The van der Waals surface area contributed by atoms with E-state index in [1.807, 2.05) is 0 Å². The van der Waals surface area contributed by atoms with Crippen LogP contribution in [0.2, 0.25) is 0 Å². The van der Waals surface area contributed by atoms with E-state index in [9.17, 15) is 5.11 Å². The summed E-state index contributed by atoms with van der Waals surface area (Å²) in [6.45, 7) is 0. The van der Waals surface area contributed by atoms with E-state index in [1.54, 1.807) is 0 Å². The van der Waals surface area contributed by atoms with Crippen LogP contribution in [0, 0.1) is 0 Å². The van der Waals surface area contributed by atoms with Crippen molar-refractivity contribution in [3.05, 3.63) is 0 Å². The smallest absolute Gasteiger partial charge is 0.184 e. The molecule has 0 amide bonds. The molecule has 1 rings (SSSR count). The highest BCUT2D eigenvalue weighted by Gasteiger charge is 2.44. The summed E-state index contributed by atoms with van der Waals surface area (Å²) in [5.41, 5.74) is 0. The maximum absolute atomic E-state index is 9.55. The normalized spacial score (nSPS) is 43.9. The molecule has 1 N–H and O–H groups in total. The number of methoxy groups -OCH3 is 2. The molecule has 0 radical (unpaired) electrons. The van der Waals surface area contributed by atoms with Crippen molar-refractivity contribution in [2.45, 2.75) is 30.0 Å². The van der Waals surface area contributed by atoms with Crippen LogP contribution in [0.25, 0.3) is 0 Å². The van der Waals surface area contributed by atoms with Crippen molar-refractivity contribution in [3.8, 4) is 0 Å². The summed E-state index contributed by atoms with van der Waals surface area (Å²) in [5.74, 6) is 0.210. The van der Waals surface area contributed by atoms with Crippen LogP contribution in [0.15, 0.2) is 0 Å². The Balaban J connectivity index is 2.73. The molecule has 1 fully saturated rings. The third-order valence-electron chi connectivity index (χ3n) is 2.28. The third-order valence-corrected chi connectivity index (χ3v) is 3.12. The van der Waals surface area contributed by atoms with Crippen LogP contribution in [0.1, 0.15) is 0 Å². The van der Waals surface area contributed by atoms with Crippen molar-refractivity contribution >= 4 is 23.2 Å². The van der Waals surface area contributed by atoms with Crippen molar-refractivity contribution in [2.75, 3.05) is 20.1 Å². The van der Waals surface area contributed by atoms with Gasteiger partial charge in [-0.2, -0.15) is 0 Å². The predicted octanol–water partition coefficient (Wildman–Crippen LogP) is 0.580. The molecule has 5 unspecified atom stereocenters. The lowest BCUT2D eigenvalue weighted by Crippen LogP contribution is -2.57. The summed E-state index contributed by atoms with van der Waals surface area (Å²) in [6, 6.07) is 0. The van der Waals surface area contributed by atoms with Gasteiger partial charge < -0.3 is 19.3 Å². The van der Waals surface area contributed by atoms with E-state index in [0.717, 1.165) is 0 Å². The molecular formula is C8H14Cl2O4. The zero-order valence-electron chi connectivity index (χ0n) is 8.02. The van der Waals surface area contributed by atoms with Crippen molar-refractivity contribution in [3.63, 3.8) is 0 Å². The topological polar surface area (TPSA) is 47.9 Å². The minimum atomic E-state index is -1.05. The van der Waals surface area contributed by atoms with Gasteiger partial charge in [0, 0.05) is 14.2 Å². The van der Waals surface area contributed by atoms with Crippen molar-refractivity contribution in [1.29, 1.82) is 0 Å². The van der Waals surface area contributed by atoms with E-state index >= 15 is 0 Å². The van der Waals surface area contributed by atoms with Crippen LogP contribution in [-0.2, 0) is 14.2 Å². The molecule has 14 heavy (non-hydrogen) atoms. The number of ether oxygens (including phenoxy) is 3. The zero-order chi connectivity index (χ0) is 10.7. The Morgan fingerprint density at radius 1 is 1.29 bits per heavy atom. The van der Waals surface area contributed by atoms with Crippen LogP contribution in [0.4, 0.5) is 0 Å². The minimum Gasteiger partial charge on any atom is -0.377 e. The number of hydrogen-bond acceptors (Lipinski definition) is 4. The highest BCUT2D eigenvalue weighted by Crippen LogP contribution is 2.28. The van der Waals surface area contributed by atoms with Gasteiger partial charge in [0.2, 0.25) is 0 Å². The quantitative estimate of drug-likeness (QED) is 0.739. The molecule has 4 nitrogen and oxygen atoms in total. The zero-order valence-corrected chi connectivity index (χ0v) is 9.53. The van der Waals surface area contributed by atoms with E-state index in [1.165, 1.54) is 14.2 Å². The number of hydrogen-bond donors (Lipinski definition) is 1. The monoisotopic (exact) mass is 244 g/mol. The summed E-state index contributed by atoms with van der Waals surface area (Å²) >= 11 is 11.7. The van der Waals surface area contributed by atoms with Gasteiger partial charge in [-0.15, -0.1) is 23.2 Å². The van der Waals surface area contributed by atoms with Gasteiger partial charge in [0.15, 0.2) is 6.29 Å². The molecule has 6 heteroatoms. The van der Waals surface area contributed by atoms with Gasteiger partial charge in [0.25, 0.3) is 0 Å². The third kappa shape index (κ3) is 2.32. The molecule has 0 aliphatic carbocycles. The largest absolute Gasteiger partial charge is 0.377 e. The SMILES string of the molecule is COC1C(O)OC(CCl)C(Cl)C1OC. The fraction of sp³-hybridized carbons (Fsp3) is 1.00. The van der Waals surface area contributed by atoms with Gasteiger partial charge in [0.05, 0.1) is 17.4 Å². The first-order chi connectivity index (χ1) is 6.65. The maximum Gasteiger partial charge on any atom is 0.184 e. The van der Waals surface area contributed by atoms with E-state index in [-0.39, 0.29) is 5.88 Å². The first-order valence-electron chi connectivity index (χ1n) is 4.24. The summed E-state index contributed by atoms with van der Waals surface area (Å²) in [7, 11) is 2.98. The Bertz CT molecular complexity index is 181. The molecule has 84 valence electrons. The first-order valence-corrected chi connectivity index (χ1v) is 5.22. The average molecular weight is 245 g/mol. The number of halogens is 2. The lowest BCUT2D eigenvalue weighted by Gasteiger charge is -2.40. The Morgan fingerprint density at radius 2 is 1.86 bits per heavy atom. The molecule has 0 aromatic carbocycles. The van der Waals surface area contributed by atoms with E-state index < -0.39 is 30.0 Å². The number of rotatable bonds is 3. The fourth-order valence-electron chi connectivity index (χ4n) is 1.52. The molecule has 1 aliphatic heterocycles. The Hall–Kier alpha value is 0.420. The molecule has 0 bridgehead atoms. The molecule has 1 aliphatic rings. The van der Waals surface area contributed by atoms with Gasteiger partial charge in [-0.3, -0.25) is 0 Å². The average Bonchev–Trinajstić information content (AvgIpc) is 2.20. The second kappa shape index (κ2) is 5.49. The molecule has 1 heterocycles. The molecule has 0 aromatic heterocycles. The predicted molar refractivity (Wildman–Crippen MR) is 52.8 cm³/mol. The van der Waals surface area contributed by atoms with Crippen molar-refractivity contribution in [1.82, 2.24) is 0 Å². The summed E-state index contributed by atoms with van der Waals surface area (Å²) in [4.78, 5) is 0. The van der Waals surface area contributed by atoms with Crippen molar-refractivity contribution < 1.29 is 19.3 Å². The van der Waals surface area contributed by atoms with Crippen LogP contribution in [0.3, 0.4) is 0 Å². The second-order valence-electron chi connectivity index (χ2n) is 3.06. The van der Waals surface area contributed by atoms with Crippen LogP contribution < -0.4 is 0 Å². The highest BCUT2D eigenvalue weighted by atomic mass is 35.5. The molecule has 1 saturated heterocycles. The lowest BCUT2D eigenvalue weighted by molar-refractivity contribution is -0.251. The number of alkyl halides is 2. The number of aliphatic hydroxyl groups excluding tert-OH is 1. The standard InChI is InChI=1S/C8H14Cl2O4/c1-12-6-5(10)4(3-9)14-8(11)7(6)13-2/h4-8,11H,3H2,1-2H3. The second-order valence-corrected chi connectivity index (χ2v) is 3.88. The maximum atomic E-state index is 9.55. The Kier molecular flexibility index (Phi) is 4.90. The van der Waals surface area contributed by atoms with Gasteiger partial charge >= 0.3 is 0 Å². The summed E-state index contributed by atoms with van der Waals surface area (Å²) in [6.07, 6.45) is -2.48. The summed E-state index contributed by atoms with van der Waals surface area (Å²) in [5, 5.41) is 9.12. The van der Waals surface area contributed by atoms with Crippen LogP contribution >= 0.6 is 23.2 Å². The lowest BCUT2D eigenvalue weighted by atomic mass is 10.0. The van der Waals surface area contributed by atoms with E-state index in [0.29, 0.717) is 0 Å². The molecular weight excluding hydrogens is 231 g/mol. The fourth-order valence-corrected chi connectivity index (χ4v) is 2.27. The highest BCUT2D eigenvalue weighted by molar-refractivity contribution is 6.23. The summed E-state index contributed by atoms with van der Waals surface area (Å²) < 4.78 is 15.4. The Labute approximate surface area is 93.0 Å². The van der Waals surface area contributed by atoms with Crippen LogP contribution in [-0.4, -0.2) is 55.2 Å². The van der Waals surface area contributed by atoms with Gasteiger partial charge in [-0.25, -0.2) is 0 Å². The van der Waals surface area contributed by atoms with Gasteiger partial charge in [-0.1, -0.05) is 0 Å². The van der Waals surface area contributed by atoms with Crippen LogP contribution in [0.5, 0.6) is 0 Å². The van der Waals surface area contributed by atoms with E-state index in [2.05, 4.69) is 0 Å². The Morgan fingerprint density at radius 3 is 2.29 bits per heavy atom. The van der Waals surface area contributed by atoms with E-state index in [4.69, 9.17) is 37.4 Å². The first kappa shape index (κ1) is 12.5. The minimum absolute atomic E-state index is 0.210. The molecule has 0 aromatic rings. The van der Waals surface area contributed by atoms with Gasteiger partial charge in [0.1, 0.15) is 12.2 Å². The number of aliphatic hydroxyl groups is 1.